The third kappa shape index (κ3) is 5.20. The van der Waals surface area contributed by atoms with Crippen LogP contribution in [-0.4, -0.2) is 36.4 Å². The third-order valence-electron chi connectivity index (χ3n) is 2.03. The van der Waals surface area contributed by atoms with Crippen molar-refractivity contribution in [2.45, 2.75) is 6.92 Å². The number of aliphatic carboxylic acids is 2. The molecule has 1 rings (SSSR count). The van der Waals surface area contributed by atoms with Crippen LogP contribution in [0.4, 0.5) is 0 Å². The van der Waals surface area contributed by atoms with Crippen molar-refractivity contribution >= 4 is 11.9 Å². The van der Waals surface area contributed by atoms with E-state index in [0.717, 1.165) is 18.4 Å². The van der Waals surface area contributed by atoms with E-state index in [2.05, 4.69) is 0 Å². The van der Waals surface area contributed by atoms with Gasteiger partial charge in [0.25, 0.3) is 0 Å². The van der Waals surface area contributed by atoms with Crippen molar-refractivity contribution in [2.75, 3.05) is 14.2 Å². The van der Waals surface area contributed by atoms with Gasteiger partial charge in [-0.15, -0.1) is 0 Å². The molecule has 18 heavy (non-hydrogen) atoms. The van der Waals surface area contributed by atoms with E-state index in [-0.39, 0.29) is 0 Å². The summed E-state index contributed by atoms with van der Waals surface area (Å²) in [4.78, 5) is 19.5. The van der Waals surface area contributed by atoms with E-state index in [1.54, 1.807) is 14.2 Å². The van der Waals surface area contributed by atoms with Crippen LogP contribution in [0.25, 0.3) is 0 Å². The Balaban J connectivity index is 0.000000331. The van der Waals surface area contributed by atoms with E-state index in [1.807, 2.05) is 24.3 Å². The molecule has 0 saturated heterocycles. The Labute approximate surface area is 105 Å². The van der Waals surface area contributed by atoms with Gasteiger partial charge >= 0.3 is 11.9 Å². The molecule has 0 radical (unpaired) electrons. The molecule has 2 N–H and O–H groups in total. The summed E-state index contributed by atoms with van der Waals surface area (Å²) < 4.78 is 10.0. The number of carboxylic acid groups (broad SMARTS) is 2. The van der Waals surface area contributed by atoms with E-state index in [1.165, 1.54) is 0 Å². The van der Waals surface area contributed by atoms with Gasteiger partial charge in [0.2, 0.25) is 0 Å². The van der Waals surface area contributed by atoms with Gasteiger partial charge in [-0.3, -0.25) is 9.59 Å². The molecule has 0 spiro atoms. The number of hydrogen-bond acceptors (Lipinski definition) is 4. The van der Waals surface area contributed by atoms with Crippen LogP contribution >= 0.6 is 0 Å². The van der Waals surface area contributed by atoms with Gasteiger partial charge in [-0.05, 0) is 19.1 Å². The predicted molar refractivity (Wildman–Crippen MR) is 64.0 cm³/mol. The van der Waals surface area contributed by atoms with Crippen LogP contribution in [-0.2, 0) is 9.59 Å². The Hall–Kier alpha value is -2.24. The lowest BCUT2D eigenvalue weighted by Gasteiger charge is -2.04. The van der Waals surface area contributed by atoms with Gasteiger partial charge < -0.3 is 19.7 Å². The molecule has 100 valence electrons. The summed E-state index contributed by atoms with van der Waals surface area (Å²) in [6.07, 6.45) is 0. The van der Waals surface area contributed by atoms with Crippen LogP contribution in [0.15, 0.2) is 24.3 Å². The monoisotopic (exact) mass is 256 g/mol. The van der Waals surface area contributed by atoms with Crippen molar-refractivity contribution in [2.24, 2.45) is 5.92 Å². The second-order valence-electron chi connectivity index (χ2n) is 3.25. The minimum atomic E-state index is -1.31. The van der Waals surface area contributed by atoms with Gasteiger partial charge in [-0.25, -0.2) is 0 Å². The fourth-order valence-corrected chi connectivity index (χ4v) is 0.893. The average molecular weight is 256 g/mol. The summed E-state index contributed by atoms with van der Waals surface area (Å²) in [7, 11) is 3.25. The highest BCUT2D eigenvalue weighted by Gasteiger charge is 2.18. The lowest BCUT2D eigenvalue weighted by molar-refractivity contribution is -0.153. The van der Waals surface area contributed by atoms with Crippen LogP contribution in [0.1, 0.15) is 6.92 Å². The molecule has 0 aliphatic rings. The van der Waals surface area contributed by atoms with E-state index in [4.69, 9.17) is 19.7 Å². The summed E-state index contributed by atoms with van der Waals surface area (Å²) in [5, 5.41) is 15.9. The zero-order valence-corrected chi connectivity index (χ0v) is 10.4. The normalized spacial score (nSPS) is 9.11. The van der Waals surface area contributed by atoms with Crippen LogP contribution in [0.5, 0.6) is 11.5 Å². The number of ether oxygens (including phenoxy) is 2. The zero-order chi connectivity index (χ0) is 14.1. The molecule has 0 unspecified atom stereocenters. The smallest absolute Gasteiger partial charge is 0.317 e. The Morgan fingerprint density at radius 2 is 1.33 bits per heavy atom. The van der Waals surface area contributed by atoms with Crippen molar-refractivity contribution in [1.82, 2.24) is 0 Å². The summed E-state index contributed by atoms with van der Waals surface area (Å²) in [6.45, 7) is 1.12. The molecule has 0 bridgehead atoms. The fraction of sp³-hybridized carbons (Fsp3) is 0.333. The van der Waals surface area contributed by atoms with Crippen molar-refractivity contribution in [3.63, 3.8) is 0 Å². The molecule has 0 heterocycles. The van der Waals surface area contributed by atoms with Crippen molar-refractivity contribution < 1.29 is 29.3 Å². The maximum Gasteiger partial charge on any atom is 0.317 e. The van der Waals surface area contributed by atoms with Crippen LogP contribution < -0.4 is 9.47 Å². The molecule has 0 aliphatic carbocycles. The molecule has 0 aromatic heterocycles. The molecule has 0 aliphatic heterocycles. The molecule has 6 heteroatoms. The van der Waals surface area contributed by atoms with Crippen molar-refractivity contribution in [3.8, 4) is 11.5 Å². The fourth-order valence-electron chi connectivity index (χ4n) is 0.893. The summed E-state index contributed by atoms with van der Waals surface area (Å²) in [5.41, 5.74) is 0. The second-order valence-corrected chi connectivity index (χ2v) is 3.25. The van der Waals surface area contributed by atoms with Crippen LogP contribution in [0.3, 0.4) is 0 Å². The minimum Gasteiger partial charge on any atom is -0.493 e. The Morgan fingerprint density at radius 1 is 1.00 bits per heavy atom. The number of carboxylic acids is 2. The van der Waals surface area contributed by atoms with E-state index in [0.29, 0.717) is 0 Å². The molecule has 0 amide bonds. The molecule has 1 aromatic carbocycles. The molecule has 6 nitrogen and oxygen atoms in total. The third-order valence-corrected chi connectivity index (χ3v) is 2.03. The highest BCUT2D eigenvalue weighted by atomic mass is 16.5. The van der Waals surface area contributed by atoms with Crippen LogP contribution in [0, 0.1) is 5.92 Å². The molecule has 0 saturated carbocycles. The lowest BCUT2D eigenvalue weighted by Crippen LogP contribution is -2.19. The first-order valence-electron chi connectivity index (χ1n) is 5.06. The Bertz CT molecular complexity index is 364. The first-order valence-corrected chi connectivity index (χ1v) is 5.06. The summed E-state index contributed by atoms with van der Waals surface area (Å²) in [5.74, 6) is -2.38. The lowest BCUT2D eigenvalue weighted by atomic mass is 10.2. The number of hydrogen-bond donors (Lipinski definition) is 2. The first-order chi connectivity index (χ1) is 8.43. The number of rotatable bonds is 4. The topological polar surface area (TPSA) is 93.1 Å². The quantitative estimate of drug-likeness (QED) is 0.793. The minimum absolute atomic E-state index is 0.769. The first kappa shape index (κ1) is 15.8. The maximum absolute atomic E-state index is 9.76. The molecule has 1 aromatic rings. The Kier molecular flexibility index (Phi) is 6.95. The number of methoxy groups -OCH3 is 2. The summed E-state index contributed by atoms with van der Waals surface area (Å²) >= 11 is 0. The standard InChI is InChI=1S/C8H10O2.C4H6O4/c1-9-7-5-3-4-6-8(7)10-2;1-2(3(5)6)4(7)8/h3-6H,1-2H3;2H,1H3,(H,5,6)(H,7,8). The maximum atomic E-state index is 9.76. The highest BCUT2D eigenvalue weighted by molar-refractivity contribution is 5.92. The van der Waals surface area contributed by atoms with Gasteiger partial charge in [-0.1, -0.05) is 12.1 Å². The molecule has 0 fully saturated rings. The van der Waals surface area contributed by atoms with Gasteiger partial charge in [0.1, 0.15) is 0 Å². The van der Waals surface area contributed by atoms with E-state index in [9.17, 15) is 9.59 Å². The van der Waals surface area contributed by atoms with Crippen molar-refractivity contribution in [1.29, 1.82) is 0 Å². The van der Waals surface area contributed by atoms with Gasteiger partial charge in [0.05, 0.1) is 14.2 Å². The number of carbonyl (C=O) groups is 2. The Morgan fingerprint density at radius 3 is 1.50 bits per heavy atom. The SMILES string of the molecule is CC(C(=O)O)C(=O)O.COc1ccccc1OC. The van der Waals surface area contributed by atoms with E-state index < -0.39 is 17.9 Å². The average Bonchev–Trinajstić information content (AvgIpc) is 2.38. The van der Waals surface area contributed by atoms with Gasteiger partial charge in [0, 0.05) is 0 Å². The molecule has 0 atom stereocenters. The van der Waals surface area contributed by atoms with Crippen molar-refractivity contribution in [3.05, 3.63) is 24.3 Å². The zero-order valence-electron chi connectivity index (χ0n) is 10.4. The number of benzene rings is 1. The van der Waals surface area contributed by atoms with Gasteiger partial charge in [-0.2, -0.15) is 0 Å². The van der Waals surface area contributed by atoms with Crippen LogP contribution in [0.2, 0.25) is 0 Å². The summed E-state index contributed by atoms with van der Waals surface area (Å²) in [6, 6.07) is 7.53. The number of para-hydroxylation sites is 2. The predicted octanol–water partition coefficient (Wildman–Crippen LogP) is 1.50. The highest BCUT2D eigenvalue weighted by Crippen LogP contribution is 2.24. The molecular weight excluding hydrogens is 240 g/mol. The largest absolute Gasteiger partial charge is 0.493 e. The molecular formula is C12H16O6. The van der Waals surface area contributed by atoms with Gasteiger partial charge in [0.15, 0.2) is 17.4 Å². The van der Waals surface area contributed by atoms with E-state index >= 15 is 0 Å². The second kappa shape index (κ2) is 7.94.